The molecular weight excluding hydrogens is 220 g/mol. The Balaban J connectivity index is -0.000000205. The summed E-state index contributed by atoms with van der Waals surface area (Å²) in [7, 11) is 0. The fourth-order valence-corrected chi connectivity index (χ4v) is 0.300. The average molecular weight is 248 g/mol. The third-order valence-electron chi connectivity index (χ3n) is 1.92. The molecule has 0 heterocycles. The molecule has 0 unspecified atom stereocenters. The molecule has 0 fully saturated rings. The van der Waals surface area contributed by atoms with Gasteiger partial charge in [0.25, 0.3) is 0 Å². The van der Waals surface area contributed by atoms with Crippen molar-refractivity contribution in [3.05, 3.63) is 25.3 Å². The predicted octanol–water partition coefficient (Wildman–Crippen LogP) is 1.11. The lowest BCUT2D eigenvalue weighted by Gasteiger charge is -2.23. The third kappa shape index (κ3) is 15.3. The van der Waals surface area contributed by atoms with Gasteiger partial charge in [0.15, 0.2) is 0 Å². The van der Waals surface area contributed by atoms with Crippen molar-refractivity contribution in [1.29, 1.82) is 0 Å². The highest BCUT2D eigenvalue weighted by Crippen LogP contribution is 2.11. The summed E-state index contributed by atoms with van der Waals surface area (Å²) in [5, 5.41) is 34.0. The molecule has 4 nitrogen and oxygen atoms in total. The maximum absolute atomic E-state index is 8.50. The first-order valence-electron chi connectivity index (χ1n) is 5.73. The second-order valence-electron chi connectivity index (χ2n) is 3.53. The molecule has 0 amide bonds. The summed E-state index contributed by atoms with van der Waals surface area (Å²) in [4.78, 5) is 0. The van der Waals surface area contributed by atoms with Gasteiger partial charge in [-0.1, -0.05) is 26.0 Å². The van der Waals surface area contributed by atoms with Gasteiger partial charge < -0.3 is 20.4 Å². The minimum Gasteiger partial charge on any atom is -0.396 e. The molecule has 0 aromatic carbocycles. The number of aliphatic hydroxyl groups is 4. The summed E-state index contributed by atoms with van der Waals surface area (Å²) >= 11 is 0. The standard InChI is InChI=1S/C5H12O4.2C4H8/c6-1-5(2-7,3-8)4-9;2*1-3-4-2/h6-9H,1-4H2;2*3H,1,4H2,2H3. The highest BCUT2D eigenvalue weighted by atomic mass is 16.3. The van der Waals surface area contributed by atoms with Crippen molar-refractivity contribution in [2.75, 3.05) is 26.4 Å². The van der Waals surface area contributed by atoms with E-state index in [1.165, 1.54) is 0 Å². The van der Waals surface area contributed by atoms with Gasteiger partial charge in [-0.05, 0) is 12.8 Å². The molecule has 0 rings (SSSR count). The summed E-state index contributed by atoms with van der Waals surface area (Å²) < 4.78 is 0. The molecule has 4 heteroatoms. The van der Waals surface area contributed by atoms with Gasteiger partial charge in [0.05, 0.1) is 31.8 Å². The van der Waals surface area contributed by atoms with E-state index in [1.807, 2.05) is 12.2 Å². The van der Waals surface area contributed by atoms with Crippen molar-refractivity contribution < 1.29 is 20.4 Å². The Morgan fingerprint density at radius 1 is 0.765 bits per heavy atom. The first-order chi connectivity index (χ1) is 8.07. The molecule has 4 N–H and O–H groups in total. The van der Waals surface area contributed by atoms with E-state index in [4.69, 9.17) is 20.4 Å². The van der Waals surface area contributed by atoms with E-state index >= 15 is 0 Å². The van der Waals surface area contributed by atoms with Crippen LogP contribution in [0.1, 0.15) is 26.7 Å². The lowest BCUT2D eigenvalue weighted by molar-refractivity contribution is -0.0328. The van der Waals surface area contributed by atoms with E-state index in [-0.39, 0.29) is 0 Å². The minimum absolute atomic E-state index is 0.406. The Kier molecular flexibility index (Phi) is 22.5. The van der Waals surface area contributed by atoms with Crippen LogP contribution in [-0.4, -0.2) is 46.9 Å². The fourth-order valence-electron chi connectivity index (χ4n) is 0.300. The first-order valence-corrected chi connectivity index (χ1v) is 5.73. The minimum atomic E-state index is -1.11. The van der Waals surface area contributed by atoms with Crippen molar-refractivity contribution in [3.63, 3.8) is 0 Å². The van der Waals surface area contributed by atoms with Crippen LogP contribution in [0.15, 0.2) is 25.3 Å². The first kappa shape index (κ1) is 21.6. The maximum atomic E-state index is 8.50. The van der Waals surface area contributed by atoms with Gasteiger partial charge >= 0.3 is 0 Å². The van der Waals surface area contributed by atoms with E-state index in [0.29, 0.717) is 0 Å². The zero-order valence-corrected chi connectivity index (χ0v) is 11.1. The van der Waals surface area contributed by atoms with E-state index in [2.05, 4.69) is 27.0 Å². The lowest BCUT2D eigenvalue weighted by Crippen LogP contribution is -2.37. The molecule has 17 heavy (non-hydrogen) atoms. The number of hydrogen-bond acceptors (Lipinski definition) is 4. The van der Waals surface area contributed by atoms with Crippen LogP contribution in [0.25, 0.3) is 0 Å². The zero-order chi connectivity index (χ0) is 14.2. The van der Waals surface area contributed by atoms with Crippen molar-refractivity contribution in [1.82, 2.24) is 0 Å². The Labute approximate surface area is 105 Å². The molecule has 0 saturated carbocycles. The molecule has 0 saturated heterocycles. The normalized spacial score (nSPS) is 9.29. The van der Waals surface area contributed by atoms with Gasteiger partial charge in [-0.25, -0.2) is 0 Å². The van der Waals surface area contributed by atoms with Gasteiger partial charge in [-0.15, -0.1) is 13.2 Å². The van der Waals surface area contributed by atoms with Crippen molar-refractivity contribution in [2.24, 2.45) is 5.41 Å². The summed E-state index contributed by atoms with van der Waals surface area (Å²) in [5.41, 5.74) is -1.11. The second kappa shape index (κ2) is 17.7. The smallest absolute Gasteiger partial charge is 0.0627 e. The van der Waals surface area contributed by atoms with Gasteiger partial charge in [0.1, 0.15) is 0 Å². The molecule has 0 aromatic rings. The van der Waals surface area contributed by atoms with Gasteiger partial charge in [0.2, 0.25) is 0 Å². The van der Waals surface area contributed by atoms with Crippen LogP contribution in [0, 0.1) is 5.41 Å². The van der Waals surface area contributed by atoms with Crippen LogP contribution in [0.2, 0.25) is 0 Å². The molecule has 0 atom stereocenters. The largest absolute Gasteiger partial charge is 0.396 e. The zero-order valence-electron chi connectivity index (χ0n) is 11.1. The molecule has 104 valence electrons. The topological polar surface area (TPSA) is 80.9 Å². The SMILES string of the molecule is C=CCC.C=CCC.OCC(CO)(CO)CO. The number of allylic oxidation sites excluding steroid dienone is 2. The molecule has 0 radical (unpaired) electrons. The average Bonchev–Trinajstić information content (AvgIpc) is 2.42. The van der Waals surface area contributed by atoms with E-state index in [0.717, 1.165) is 12.8 Å². The monoisotopic (exact) mass is 248 g/mol. The molecule has 0 spiro atoms. The van der Waals surface area contributed by atoms with Crippen LogP contribution < -0.4 is 0 Å². The van der Waals surface area contributed by atoms with Crippen LogP contribution in [0.3, 0.4) is 0 Å². The fraction of sp³-hybridized carbons (Fsp3) is 0.692. The van der Waals surface area contributed by atoms with Gasteiger partial charge in [-0.3, -0.25) is 0 Å². The molecular formula is C13H28O4. The Bertz CT molecular complexity index is 128. The van der Waals surface area contributed by atoms with E-state index in [1.54, 1.807) is 0 Å². The van der Waals surface area contributed by atoms with Gasteiger partial charge in [0, 0.05) is 0 Å². The highest BCUT2D eigenvalue weighted by molar-refractivity contribution is 4.74. The summed E-state index contributed by atoms with van der Waals surface area (Å²) in [5.74, 6) is 0. The second-order valence-corrected chi connectivity index (χ2v) is 3.53. The van der Waals surface area contributed by atoms with Crippen LogP contribution in [-0.2, 0) is 0 Å². The van der Waals surface area contributed by atoms with E-state index < -0.39 is 31.8 Å². The molecule has 0 aliphatic heterocycles. The summed E-state index contributed by atoms with van der Waals surface area (Å²) in [6.07, 6.45) is 5.92. The maximum Gasteiger partial charge on any atom is 0.0627 e. The highest BCUT2D eigenvalue weighted by Gasteiger charge is 2.26. The number of rotatable bonds is 6. The van der Waals surface area contributed by atoms with Gasteiger partial charge in [-0.2, -0.15) is 0 Å². The lowest BCUT2D eigenvalue weighted by atomic mass is 9.93. The predicted molar refractivity (Wildman–Crippen MR) is 71.8 cm³/mol. The quantitative estimate of drug-likeness (QED) is 0.531. The number of hydrogen-bond donors (Lipinski definition) is 4. The van der Waals surface area contributed by atoms with E-state index in [9.17, 15) is 0 Å². The van der Waals surface area contributed by atoms with Crippen molar-refractivity contribution >= 4 is 0 Å². The van der Waals surface area contributed by atoms with Crippen molar-refractivity contribution in [3.8, 4) is 0 Å². The third-order valence-corrected chi connectivity index (χ3v) is 1.92. The molecule has 0 aliphatic carbocycles. The Morgan fingerprint density at radius 3 is 0.941 bits per heavy atom. The van der Waals surface area contributed by atoms with Crippen LogP contribution >= 0.6 is 0 Å². The molecule has 0 bridgehead atoms. The molecule has 0 aliphatic rings. The Hall–Kier alpha value is -0.680. The van der Waals surface area contributed by atoms with Crippen LogP contribution in [0.5, 0.6) is 0 Å². The Morgan fingerprint density at radius 2 is 0.941 bits per heavy atom. The summed E-state index contributed by atoms with van der Waals surface area (Å²) in [6.45, 7) is 9.46. The van der Waals surface area contributed by atoms with Crippen LogP contribution in [0.4, 0.5) is 0 Å². The number of aliphatic hydroxyl groups excluding tert-OH is 4. The van der Waals surface area contributed by atoms with Crippen molar-refractivity contribution in [2.45, 2.75) is 26.7 Å². The molecule has 0 aromatic heterocycles. The summed E-state index contributed by atoms with van der Waals surface area (Å²) in [6, 6.07) is 0.